The van der Waals surface area contributed by atoms with Crippen LogP contribution in [0.5, 0.6) is 11.5 Å². The first-order valence-corrected chi connectivity index (χ1v) is 6.50. The van der Waals surface area contributed by atoms with Crippen LogP contribution < -0.4 is 4.74 Å². The lowest BCUT2D eigenvalue weighted by Crippen LogP contribution is -2.04. The summed E-state index contributed by atoms with van der Waals surface area (Å²) >= 11 is 0. The average molecular weight is 347 g/mol. The van der Waals surface area contributed by atoms with Crippen molar-refractivity contribution in [3.05, 3.63) is 63.2 Å². The van der Waals surface area contributed by atoms with Gasteiger partial charge < -0.3 is 20.1 Å². The third kappa shape index (κ3) is 3.88. The van der Waals surface area contributed by atoms with Gasteiger partial charge in [-0.15, -0.1) is 0 Å². The minimum Gasteiger partial charge on any atom is -0.478 e. The van der Waals surface area contributed by atoms with Crippen molar-refractivity contribution in [3.8, 4) is 11.5 Å². The van der Waals surface area contributed by atoms with E-state index in [0.717, 1.165) is 36.4 Å². The molecule has 0 bridgehead atoms. The number of nitrogens with zero attached hydrogens (tertiary/aromatic N) is 1. The fraction of sp³-hybridized carbons (Fsp3) is 0. The third-order valence-electron chi connectivity index (χ3n) is 3.03. The van der Waals surface area contributed by atoms with E-state index in [2.05, 4.69) is 0 Å². The molecule has 128 valence electrons. The maximum absolute atomic E-state index is 11.0. The molecule has 0 aliphatic carbocycles. The minimum atomic E-state index is -1.50. The molecule has 10 heteroatoms. The largest absolute Gasteiger partial charge is 0.478 e. The molecule has 3 N–H and O–H groups in total. The van der Waals surface area contributed by atoms with E-state index in [1.54, 1.807) is 0 Å². The quantitative estimate of drug-likeness (QED) is 0.525. The summed E-state index contributed by atoms with van der Waals surface area (Å²) in [5, 5.41) is 37.8. The van der Waals surface area contributed by atoms with Crippen molar-refractivity contribution in [2.45, 2.75) is 0 Å². The summed E-state index contributed by atoms with van der Waals surface area (Å²) in [6.45, 7) is 0. The Balaban J connectivity index is 2.47. The summed E-state index contributed by atoms with van der Waals surface area (Å²) < 4.78 is 5.26. The van der Waals surface area contributed by atoms with Crippen LogP contribution in [-0.2, 0) is 0 Å². The Labute approximate surface area is 138 Å². The van der Waals surface area contributed by atoms with E-state index in [4.69, 9.17) is 20.1 Å². The second-order valence-corrected chi connectivity index (χ2v) is 4.70. The normalized spacial score (nSPS) is 10.1. The number of hydrogen-bond acceptors (Lipinski definition) is 6. The molecule has 0 unspecified atom stereocenters. The van der Waals surface area contributed by atoms with E-state index in [0.29, 0.717) is 0 Å². The Kier molecular flexibility index (Phi) is 4.64. The van der Waals surface area contributed by atoms with Gasteiger partial charge in [0.15, 0.2) is 0 Å². The van der Waals surface area contributed by atoms with Gasteiger partial charge in [-0.25, -0.2) is 14.4 Å². The number of rotatable bonds is 6. The molecule has 0 aromatic heterocycles. The summed E-state index contributed by atoms with van der Waals surface area (Å²) in [7, 11) is 0. The first kappa shape index (κ1) is 17.4. The van der Waals surface area contributed by atoms with Crippen LogP contribution in [-0.4, -0.2) is 38.2 Å². The minimum absolute atomic E-state index is 0.157. The highest BCUT2D eigenvalue weighted by molar-refractivity contribution is 5.94. The molecule has 0 heterocycles. The standard InChI is InChI=1S/C15H9NO9/c17-13(18)7-3-8(14(19)20)5-10(4-7)25-9-1-2-11(15(21)22)12(6-9)16(23)24/h1-6H,(H,17,18)(H,19,20)(H,21,22). The van der Waals surface area contributed by atoms with Gasteiger partial charge in [0.05, 0.1) is 22.1 Å². The van der Waals surface area contributed by atoms with Gasteiger partial charge in [-0.05, 0) is 30.3 Å². The van der Waals surface area contributed by atoms with Crippen LogP contribution in [0, 0.1) is 10.1 Å². The van der Waals surface area contributed by atoms with Crippen molar-refractivity contribution in [2.75, 3.05) is 0 Å². The van der Waals surface area contributed by atoms with Gasteiger partial charge in [-0.3, -0.25) is 10.1 Å². The molecular formula is C15H9NO9. The second-order valence-electron chi connectivity index (χ2n) is 4.70. The number of nitro groups is 1. The number of carboxylic acid groups (broad SMARTS) is 3. The van der Waals surface area contributed by atoms with E-state index in [9.17, 15) is 24.5 Å². The lowest BCUT2D eigenvalue weighted by atomic mass is 10.1. The summed E-state index contributed by atoms with van der Waals surface area (Å²) in [5.74, 6) is -4.62. The lowest BCUT2D eigenvalue weighted by Gasteiger charge is -2.08. The van der Waals surface area contributed by atoms with Crippen LogP contribution in [0.1, 0.15) is 31.1 Å². The van der Waals surface area contributed by atoms with Gasteiger partial charge in [0.1, 0.15) is 17.1 Å². The number of ether oxygens (including phenoxy) is 1. The van der Waals surface area contributed by atoms with Crippen molar-refractivity contribution in [1.82, 2.24) is 0 Å². The molecule has 0 amide bonds. The van der Waals surface area contributed by atoms with Crippen LogP contribution in [0.3, 0.4) is 0 Å². The zero-order valence-corrected chi connectivity index (χ0v) is 12.2. The molecule has 0 saturated heterocycles. The topological polar surface area (TPSA) is 164 Å². The van der Waals surface area contributed by atoms with Crippen LogP contribution in [0.2, 0.25) is 0 Å². The number of nitro benzene ring substituents is 1. The fourth-order valence-corrected chi connectivity index (χ4v) is 1.95. The Hall–Kier alpha value is -3.95. The second kappa shape index (κ2) is 6.66. The molecule has 10 nitrogen and oxygen atoms in total. The van der Waals surface area contributed by atoms with Crippen LogP contribution in [0.4, 0.5) is 5.69 Å². The van der Waals surface area contributed by atoms with Crippen molar-refractivity contribution in [2.24, 2.45) is 0 Å². The number of aromatic carboxylic acids is 3. The Bertz CT molecular complexity index is 872. The highest BCUT2D eigenvalue weighted by Crippen LogP contribution is 2.29. The Morgan fingerprint density at radius 3 is 1.84 bits per heavy atom. The van der Waals surface area contributed by atoms with Gasteiger partial charge in [0, 0.05) is 0 Å². The molecule has 2 aromatic rings. The molecule has 0 fully saturated rings. The van der Waals surface area contributed by atoms with Crippen LogP contribution in [0.25, 0.3) is 0 Å². The average Bonchev–Trinajstić information content (AvgIpc) is 2.54. The fourth-order valence-electron chi connectivity index (χ4n) is 1.95. The lowest BCUT2D eigenvalue weighted by molar-refractivity contribution is -0.385. The molecule has 0 spiro atoms. The summed E-state index contributed by atoms with van der Waals surface area (Å²) in [5.41, 5.74) is -1.99. The molecule has 0 aliphatic heterocycles. The van der Waals surface area contributed by atoms with Gasteiger partial charge in [-0.2, -0.15) is 0 Å². The van der Waals surface area contributed by atoms with Crippen molar-refractivity contribution < 1.29 is 39.4 Å². The van der Waals surface area contributed by atoms with E-state index in [1.807, 2.05) is 0 Å². The molecule has 0 aliphatic rings. The first-order valence-electron chi connectivity index (χ1n) is 6.50. The molecule has 2 aromatic carbocycles. The van der Waals surface area contributed by atoms with Crippen molar-refractivity contribution >= 4 is 23.6 Å². The van der Waals surface area contributed by atoms with Crippen molar-refractivity contribution in [1.29, 1.82) is 0 Å². The zero-order valence-electron chi connectivity index (χ0n) is 12.2. The highest BCUT2D eigenvalue weighted by Gasteiger charge is 2.21. The van der Waals surface area contributed by atoms with Gasteiger partial charge in [-0.1, -0.05) is 0 Å². The van der Waals surface area contributed by atoms with Crippen LogP contribution >= 0.6 is 0 Å². The maximum atomic E-state index is 11.0. The number of carboxylic acids is 3. The SMILES string of the molecule is O=C(O)c1cc(Oc2ccc(C(=O)O)c([N+](=O)[O-])c2)cc(C(=O)O)c1. The molecule has 0 saturated carbocycles. The third-order valence-corrected chi connectivity index (χ3v) is 3.03. The number of hydrogen-bond donors (Lipinski definition) is 3. The predicted octanol–water partition coefficient (Wildman–Crippen LogP) is 2.48. The predicted molar refractivity (Wildman–Crippen MR) is 80.5 cm³/mol. The smallest absolute Gasteiger partial charge is 0.342 e. The summed E-state index contributed by atoms with van der Waals surface area (Å²) in [6, 6.07) is 5.92. The van der Waals surface area contributed by atoms with Crippen molar-refractivity contribution in [3.63, 3.8) is 0 Å². The highest BCUT2D eigenvalue weighted by atomic mass is 16.6. The monoisotopic (exact) mass is 347 g/mol. The summed E-state index contributed by atoms with van der Waals surface area (Å²) in [4.78, 5) is 43.1. The Morgan fingerprint density at radius 1 is 0.840 bits per heavy atom. The zero-order chi connectivity index (χ0) is 18.7. The molecule has 0 atom stereocenters. The van der Waals surface area contributed by atoms with Gasteiger partial charge >= 0.3 is 17.9 Å². The number of benzene rings is 2. The van der Waals surface area contributed by atoms with E-state index in [1.165, 1.54) is 0 Å². The molecule has 0 radical (unpaired) electrons. The first-order chi connectivity index (χ1) is 11.7. The van der Waals surface area contributed by atoms with E-state index >= 15 is 0 Å². The maximum Gasteiger partial charge on any atom is 0.342 e. The number of carbonyl (C=O) groups is 3. The summed E-state index contributed by atoms with van der Waals surface area (Å²) in [6.07, 6.45) is 0. The molecule has 25 heavy (non-hydrogen) atoms. The molecular weight excluding hydrogens is 338 g/mol. The Morgan fingerprint density at radius 2 is 1.40 bits per heavy atom. The van der Waals surface area contributed by atoms with Gasteiger partial charge in [0.25, 0.3) is 5.69 Å². The van der Waals surface area contributed by atoms with Gasteiger partial charge in [0.2, 0.25) is 0 Å². The van der Waals surface area contributed by atoms with E-state index < -0.39 is 34.1 Å². The molecule has 2 rings (SSSR count). The van der Waals surface area contributed by atoms with E-state index in [-0.39, 0.29) is 22.6 Å². The van der Waals surface area contributed by atoms with Crippen LogP contribution in [0.15, 0.2) is 36.4 Å².